The van der Waals surface area contributed by atoms with Gasteiger partial charge in [0, 0.05) is 23.8 Å². The molecule has 1 aromatic heterocycles. The normalized spacial score (nSPS) is 19.0. The lowest BCUT2D eigenvalue weighted by atomic mass is 10.1. The third-order valence-corrected chi connectivity index (χ3v) is 3.29. The molecule has 1 atom stereocenters. The predicted octanol–water partition coefficient (Wildman–Crippen LogP) is 2.51. The summed E-state index contributed by atoms with van der Waals surface area (Å²) in [4.78, 5) is 3.94. The van der Waals surface area contributed by atoms with Crippen LogP contribution >= 0.6 is 0 Å². The molecule has 3 rings (SSSR count). The van der Waals surface area contributed by atoms with Crippen molar-refractivity contribution in [2.45, 2.75) is 18.9 Å². The number of oxazole rings is 1. The van der Waals surface area contributed by atoms with Gasteiger partial charge in [-0.25, -0.2) is 4.98 Å². The third kappa shape index (κ3) is 2.54. The number of nitrogens with zero attached hydrogens (tertiary/aromatic N) is 1. The van der Waals surface area contributed by atoms with Crippen LogP contribution in [-0.4, -0.2) is 24.1 Å². The van der Waals surface area contributed by atoms with E-state index in [0.29, 0.717) is 6.04 Å². The lowest BCUT2D eigenvalue weighted by Crippen LogP contribution is -2.29. The molecule has 2 N–H and O–H groups in total. The highest BCUT2D eigenvalue weighted by Gasteiger charge is 2.13. The molecular formula is C14H17N3O. The largest absolute Gasteiger partial charge is 0.444 e. The maximum atomic E-state index is 5.30. The zero-order valence-electron chi connectivity index (χ0n) is 10.2. The first-order chi connectivity index (χ1) is 8.92. The smallest absolute Gasteiger partial charge is 0.181 e. The second kappa shape index (κ2) is 5.23. The van der Waals surface area contributed by atoms with Crippen LogP contribution in [-0.2, 0) is 0 Å². The molecule has 1 aliphatic rings. The lowest BCUT2D eigenvalue weighted by molar-refractivity contribution is 0.572. The molecule has 4 heteroatoms. The molecule has 1 aliphatic heterocycles. The minimum absolute atomic E-state index is 0.596. The van der Waals surface area contributed by atoms with Crippen LogP contribution in [0.1, 0.15) is 12.8 Å². The number of hydrogen-bond donors (Lipinski definition) is 2. The maximum Gasteiger partial charge on any atom is 0.181 e. The van der Waals surface area contributed by atoms with E-state index in [1.807, 2.05) is 12.1 Å². The summed E-state index contributed by atoms with van der Waals surface area (Å²) in [5.41, 5.74) is 2.18. The lowest BCUT2D eigenvalue weighted by Gasteiger charge is -2.13. The van der Waals surface area contributed by atoms with Crippen molar-refractivity contribution in [3.63, 3.8) is 0 Å². The topological polar surface area (TPSA) is 50.1 Å². The fourth-order valence-electron chi connectivity index (χ4n) is 2.31. The Balaban J connectivity index is 1.67. The molecule has 0 radical (unpaired) electrons. The van der Waals surface area contributed by atoms with Crippen molar-refractivity contribution in [3.05, 3.63) is 36.9 Å². The van der Waals surface area contributed by atoms with Gasteiger partial charge in [0.05, 0.1) is 6.20 Å². The summed E-state index contributed by atoms with van der Waals surface area (Å²) in [6, 6.07) is 8.82. The number of rotatable bonds is 4. The summed E-state index contributed by atoms with van der Waals surface area (Å²) in [5.74, 6) is 0.803. The van der Waals surface area contributed by atoms with E-state index < -0.39 is 0 Å². The molecule has 2 aromatic rings. The van der Waals surface area contributed by atoms with E-state index in [0.717, 1.165) is 30.1 Å². The highest BCUT2D eigenvalue weighted by molar-refractivity contribution is 5.63. The Bertz CT molecular complexity index is 490. The molecule has 1 unspecified atom stereocenters. The Hall–Kier alpha value is -1.81. The van der Waals surface area contributed by atoms with E-state index >= 15 is 0 Å². The monoisotopic (exact) mass is 243 g/mol. The van der Waals surface area contributed by atoms with Crippen LogP contribution in [0.2, 0.25) is 0 Å². The minimum atomic E-state index is 0.596. The van der Waals surface area contributed by atoms with Crippen LogP contribution in [0.25, 0.3) is 11.3 Å². The molecule has 94 valence electrons. The SMILES string of the molecule is c1cc(NCC2CCCN2)cc(-c2cnco2)c1. The molecular weight excluding hydrogens is 226 g/mol. The second-order valence-corrected chi connectivity index (χ2v) is 4.62. The van der Waals surface area contributed by atoms with Gasteiger partial charge in [0.25, 0.3) is 0 Å². The van der Waals surface area contributed by atoms with Crippen molar-refractivity contribution in [3.8, 4) is 11.3 Å². The average molecular weight is 243 g/mol. The molecule has 0 bridgehead atoms. The average Bonchev–Trinajstić information content (AvgIpc) is 3.10. The van der Waals surface area contributed by atoms with Crippen LogP contribution in [0, 0.1) is 0 Å². The zero-order chi connectivity index (χ0) is 12.2. The fraction of sp³-hybridized carbons (Fsp3) is 0.357. The molecule has 1 fully saturated rings. The molecule has 2 heterocycles. The van der Waals surface area contributed by atoms with E-state index in [1.165, 1.54) is 19.2 Å². The number of aromatic nitrogens is 1. The van der Waals surface area contributed by atoms with Gasteiger partial charge in [-0.2, -0.15) is 0 Å². The van der Waals surface area contributed by atoms with Gasteiger partial charge >= 0.3 is 0 Å². The van der Waals surface area contributed by atoms with Gasteiger partial charge in [-0.3, -0.25) is 0 Å². The predicted molar refractivity (Wildman–Crippen MR) is 71.5 cm³/mol. The van der Waals surface area contributed by atoms with E-state index in [4.69, 9.17) is 4.42 Å². The molecule has 4 nitrogen and oxygen atoms in total. The molecule has 0 spiro atoms. The van der Waals surface area contributed by atoms with Crippen molar-refractivity contribution in [2.75, 3.05) is 18.4 Å². The third-order valence-electron chi connectivity index (χ3n) is 3.29. The van der Waals surface area contributed by atoms with Crippen molar-refractivity contribution < 1.29 is 4.42 Å². The van der Waals surface area contributed by atoms with Crippen molar-refractivity contribution in [1.29, 1.82) is 0 Å². The number of nitrogens with one attached hydrogen (secondary N) is 2. The molecule has 0 amide bonds. The molecule has 0 saturated carbocycles. The number of anilines is 1. The van der Waals surface area contributed by atoms with Gasteiger partial charge in [0.15, 0.2) is 12.2 Å². The Labute approximate surface area is 106 Å². The van der Waals surface area contributed by atoms with E-state index in [9.17, 15) is 0 Å². The van der Waals surface area contributed by atoms with Crippen molar-refractivity contribution in [2.24, 2.45) is 0 Å². The fourth-order valence-corrected chi connectivity index (χ4v) is 2.31. The highest BCUT2D eigenvalue weighted by atomic mass is 16.3. The minimum Gasteiger partial charge on any atom is -0.444 e. The van der Waals surface area contributed by atoms with E-state index in [1.54, 1.807) is 6.20 Å². The van der Waals surface area contributed by atoms with Crippen LogP contribution in [0.4, 0.5) is 5.69 Å². The summed E-state index contributed by atoms with van der Waals surface area (Å²) in [7, 11) is 0. The van der Waals surface area contributed by atoms with E-state index in [-0.39, 0.29) is 0 Å². The van der Waals surface area contributed by atoms with Crippen LogP contribution in [0.5, 0.6) is 0 Å². The first-order valence-electron chi connectivity index (χ1n) is 6.38. The summed E-state index contributed by atoms with van der Waals surface area (Å²) in [6.07, 6.45) is 5.73. The van der Waals surface area contributed by atoms with Gasteiger partial charge in [-0.05, 0) is 31.5 Å². The molecule has 18 heavy (non-hydrogen) atoms. The Kier molecular flexibility index (Phi) is 3.28. The van der Waals surface area contributed by atoms with Gasteiger partial charge in [0.1, 0.15) is 0 Å². The summed E-state index contributed by atoms with van der Waals surface area (Å²) in [5, 5.41) is 6.94. The van der Waals surface area contributed by atoms with Gasteiger partial charge in [-0.15, -0.1) is 0 Å². The molecule has 1 saturated heterocycles. The standard InChI is InChI=1S/C14H17N3O/c1-3-11(14-9-15-10-18-14)7-12(4-1)17-8-13-5-2-6-16-13/h1,3-4,7,9-10,13,16-17H,2,5-6,8H2. The van der Waals surface area contributed by atoms with E-state index in [2.05, 4.69) is 27.8 Å². The first-order valence-corrected chi connectivity index (χ1v) is 6.38. The van der Waals surface area contributed by atoms with Crippen LogP contribution in [0.15, 0.2) is 41.3 Å². The zero-order valence-corrected chi connectivity index (χ0v) is 10.2. The summed E-state index contributed by atoms with van der Waals surface area (Å²) in [6.45, 7) is 2.12. The highest BCUT2D eigenvalue weighted by Crippen LogP contribution is 2.22. The van der Waals surface area contributed by atoms with Crippen LogP contribution < -0.4 is 10.6 Å². The Morgan fingerprint density at radius 2 is 2.44 bits per heavy atom. The van der Waals surface area contributed by atoms with Gasteiger partial charge < -0.3 is 15.1 Å². The van der Waals surface area contributed by atoms with Crippen molar-refractivity contribution in [1.82, 2.24) is 10.3 Å². The summed E-state index contributed by atoms with van der Waals surface area (Å²) < 4.78 is 5.30. The first kappa shape index (κ1) is 11.3. The molecule has 1 aromatic carbocycles. The maximum absolute atomic E-state index is 5.30. The molecule has 0 aliphatic carbocycles. The van der Waals surface area contributed by atoms with Gasteiger partial charge in [-0.1, -0.05) is 12.1 Å². The van der Waals surface area contributed by atoms with Crippen molar-refractivity contribution >= 4 is 5.69 Å². The number of benzene rings is 1. The Morgan fingerprint density at radius 1 is 1.44 bits per heavy atom. The quantitative estimate of drug-likeness (QED) is 0.866. The van der Waals surface area contributed by atoms with Gasteiger partial charge in [0.2, 0.25) is 0 Å². The van der Waals surface area contributed by atoms with Crippen LogP contribution in [0.3, 0.4) is 0 Å². The summed E-state index contributed by atoms with van der Waals surface area (Å²) >= 11 is 0. The number of hydrogen-bond acceptors (Lipinski definition) is 4. The Morgan fingerprint density at radius 3 is 3.22 bits per heavy atom. The second-order valence-electron chi connectivity index (χ2n) is 4.62.